The normalized spacial score (nSPS) is 20.5. The molecule has 176 valence electrons. The molecule has 1 atom stereocenters. The van der Waals surface area contributed by atoms with Gasteiger partial charge in [0.25, 0.3) is 0 Å². The lowest BCUT2D eigenvalue weighted by Crippen LogP contribution is -2.38. The predicted molar refractivity (Wildman–Crippen MR) is 134 cm³/mol. The molecule has 2 aliphatic carbocycles. The van der Waals surface area contributed by atoms with E-state index in [2.05, 4.69) is 6.07 Å². The zero-order valence-electron chi connectivity index (χ0n) is 19.2. The number of carbonyl (C=O) groups excluding carboxylic acids is 2. The fourth-order valence-electron chi connectivity index (χ4n) is 5.36. The van der Waals surface area contributed by atoms with Crippen LogP contribution in [0.2, 0.25) is 0 Å². The molecule has 0 radical (unpaired) electrons. The Morgan fingerprint density at radius 1 is 1.24 bits per heavy atom. The van der Waals surface area contributed by atoms with Crippen molar-refractivity contribution in [3.8, 4) is 6.07 Å². The summed E-state index contributed by atoms with van der Waals surface area (Å²) in [6.45, 7) is 2.09. The average molecular weight is 494 g/mol. The van der Waals surface area contributed by atoms with Crippen LogP contribution in [0.1, 0.15) is 77.0 Å². The molecule has 0 saturated heterocycles. The number of nitriles is 1. The maximum Gasteiger partial charge on any atom is 0.341 e. The molecule has 6 nitrogen and oxygen atoms in total. The molecule has 3 heterocycles. The number of rotatable bonds is 4. The van der Waals surface area contributed by atoms with Crippen molar-refractivity contribution in [3.63, 3.8) is 0 Å². The van der Waals surface area contributed by atoms with Gasteiger partial charge in [-0.2, -0.15) is 5.26 Å². The van der Waals surface area contributed by atoms with Crippen LogP contribution in [-0.4, -0.2) is 18.4 Å². The second kappa shape index (κ2) is 9.40. The third-order valence-electron chi connectivity index (χ3n) is 6.83. The zero-order chi connectivity index (χ0) is 23.8. The highest BCUT2D eigenvalue weighted by Crippen LogP contribution is 2.50. The van der Waals surface area contributed by atoms with E-state index in [1.165, 1.54) is 16.2 Å². The monoisotopic (exact) mass is 493 g/mol. The molecule has 2 N–H and O–H groups in total. The van der Waals surface area contributed by atoms with Crippen LogP contribution in [0.25, 0.3) is 0 Å². The van der Waals surface area contributed by atoms with Gasteiger partial charge < -0.3 is 10.5 Å². The third kappa shape index (κ3) is 3.68. The van der Waals surface area contributed by atoms with Crippen LogP contribution in [0.4, 0.5) is 5.00 Å². The number of anilines is 1. The molecule has 3 aliphatic rings. The van der Waals surface area contributed by atoms with E-state index in [0.717, 1.165) is 54.7 Å². The van der Waals surface area contributed by atoms with E-state index < -0.39 is 5.92 Å². The topological polar surface area (TPSA) is 96.4 Å². The fraction of sp³-hybridized carbons (Fsp3) is 0.423. The van der Waals surface area contributed by atoms with E-state index >= 15 is 0 Å². The quantitative estimate of drug-likeness (QED) is 0.442. The van der Waals surface area contributed by atoms with Crippen LogP contribution in [0.15, 0.2) is 40.2 Å². The van der Waals surface area contributed by atoms with Crippen molar-refractivity contribution in [2.45, 2.75) is 64.2 Å². The zero-order valence-corrected chi connectivity index (χ0v) is 20.8. The summed E-state index contributed by atoms with van der Waals surface area (Å²) in [6, 6.07) is 6.20. The second-order valence-corrected chi connectivity index (χ2v) is 10.9. The molecular formula is C26H27N3O3S2. The molecular weight excluding hydrogens is 466 g/mol. The van der Waals surface area contributed by atoms with Gasteiger partial charge in [-0.3, -0.25) is 9.69 Å². The summed E-state index contributed by atoms with van der Waals surface area (Å²) in [5.74, 6) is -0.433. The molecule has 5 rings (SSSR count). The number of aryl methyl sites for hydroxylation is 1. The SMILES string of the molecule is CCOC(=O)c1c(N2C(N)=C(C#N)C(c3cccs3)C3=C2CCCC3=O)sc2c1CCCCC2. The number of nitrogens with two attached hydrogens (primary N) is 1. The van der Waals surface area contributed by atoms with Crippen LogP contribution in [-0.2, 0) is 22.4 Å². The lowest BCUT2D eigenvalue weighted by atomic mass is 9.78. The summed E-state index contributed by atoms with van der Waals surface area (Å²) in [7, 11) is 0. The summed E-state index contributed by atoms with van der Waals surface area (Å²) in [4.78, 5) is 30.5. The molecule has 34 heavy (non-hydrogen) atoms. The first-order valence-corrected chi connectivity index (χ1v) is 13.6. The Kier molecular flexibility index (Phi) is 6.32. The van der Waals surface area contributed by atoms with E-state index in [4.69, 9.17) is 10.5 Å². The Morgan fingerprint density at radius 3 is 2.79 bits per heavy atom. The minimum atomic E-state index is -0.451. The summed E-state index contributed by atoms with van der Waals surface area (Å²) < 4.78 is 5.49. The number of hydrogen-bond donors (Lipinski definition) is 1. The number of carbonyl (C=O) groups is 2. The molecule has 0 amide bonds. The molecule has 2 aromatic rings. The van der Waals surface area contributed by atoms with Crippen LogP contribution in [0.5, 0.6) is 0 Å². The Hall–Kier alpha value is -2.89. The first-order chi connectivity index (χ1) is 16.6. The fourth-order valence-corrected chi connectivity index (χ4v) is 7.62. The third-order valence-corrected chi connectivity index (χ3v) is 9.04. The van der Waals surface area contributed by atoms with Gasteiger partial charge in [-0.25, -0.2) is 4.79 Å². The van der Waals surface area contributed by atoms with Crippen LogP contribution in [0, 0.1) is 11.3 Å². The summed E-state index contributed by atoms with van der Waals surface area (Å²) in [5, 5.41) is 12.9. The van der Waals surface area contributed by atoms with Crippen LogP contribution >= 0.6 is 22.7 Å². The molecule has 0 aromatic carbocycles. The second-order valence-electron chi connectivity index (χ2n) is 8.80. The van der Waals surface area contributed by atoms with Crippen molar-refractivity contribution in [2.24, 2.45) is 5.73 Å². The average Bonchev–Trinajstić information content (AvgIpc) is 3.41. The Bertz CT molecular complexity index is 1250. The number of nitrogens with zero attached hydrogens (tertiary/aromatic N) is 2. The Morgan fingerprint density at radius 2 is 2.06 bits per heavy atom. The minimum absolute atomic E-state index is 0.0562. The van der Waals surface area contributed by atoms with Gasteiger partial charge in [0, 0.05) is 27.4 Å². The molecule has 1 aliphatic heterocycles. The number of esters is 1. The molecule has 2 aromatic heterocycles. The Balaban J connectivity index is 1.76. The van der Waals surface area contributed by atoms with Crippen molar-refractivity contribution in [1.82, 2.24) is 0 Å². The number of fused-ring (bicyclic) bond motifs is 1. The van der Waals surface area contributed by atoms with Crippen molar-refractivity contribution in [1.29, 1.82) is 5.26 Å². The number of ether oxygens (including phenoxy) is 1. The van der Waals surface area contributed by atoms with E-state index in [9.17, 15) is 14.9 Å². The molecule has 8 heteroatoms. The predicted octanol–water partition coefficient (Wildman–Crippen LogP) is 5.56. The Labute approximate surface area is 207 Å². The van der Waals surface area contributed by atoms with E-state index in [-0.39, 0.29) is 18.4 Å². The van der Waals surface area contributed by atoms with Gasteiger partial charge >= 0.3 is 5.97 Å². The van der Waals surface area contributed by atoms with Gasteiger partial charge in [0.1, 0.15) is 10.8 Å². The van der Waals surface area contributed by atoms with E-state index in [0.29, 0.717) is 40.4 Å². The molecule has 0 spiro atoms. The lowest BCUT2D eigenvalue weighted by molar-refractivity contribution is -0.116. The van der Waals surface area contributed by atoms with Gasteiger partial charge in [-0.1, -0.05) is 12.5 Å². The molecule has 1 unspecified atom stereocenters. The van der Waals surface area contributed by atoms with Crippen molar-refractivity contribution < 1.29 is 14.3 Å². The summed E-state index contributed by atoms with van der Waals surface area (Å²) >= 11 is 3.09. The van der Waals surface area contributed by atoms with Gasteiger partial charge in [0.15, 0.2) is 5.78 Å². The van der Waals surface area contributed by atoms with Crippen LogP contribution < -0.4 is 10.6 Å². The first-order valence-electron chi connectivity index (χ1n) is 11.9. The van der Waals surface area contributed by atoms with Gasteiger partial charge in [0.2, 0.25) is 0 Å². The molecule has 0 fully saturated rings. The maximum absolute atomic E-state index is 13.3. The highest BCUT2D eigenvalue weighted by atomic mass is 32.1. The smallest absolute Gasteiger partial charge is 0.341 e. The van der Waals surface area contributed by atoms with Crippen molar-refractivity contribution in [3.05, 3.63) is 61.1 Å². The number of Topliss-reactive ketones (excluding diaryl/α,β-unsaturated/α-hetero) is 1. The van der Waals surface area contributed by atoms with Crippen LogP contribution in [0.3, 0.4) is 0 Å². The summed E-state index contributed by atoms with van der Waals surface area (Å²) in [6.07, 6.45) is 6.83. The largest absolute Gasteiger partial charge is 0.462 e. The number of thiophene rings is 2. The molecule has 0 saturated carbocycles. The maximum atomic E-state index is 13.3. The standard InChI is InChI=1S/C26H27N3O3S2/c1-2-32-26(31)22-15-8-4-3-5-11-19(15)34-25(22)29-17-9-6-10-18(30)23(17)21(16(14-27)24(29)28)20-12-7-13-33-20/h7,12-13,21H,2-6,8-11,28H2,1H3. The van der Waals surface area contributed by atoms with E-state index in [1.54, 1.807) is 18.3 Å². The number of ketones is 1. The van der Waals surface area contributed by atoms with Gasteiger partial charge in [-0.15, -0.1) is 22.7 Å². The van der Waals surface area contributed by atoms with E-state index in [1.807, 2.05) is 22.4 Å². The first kappa shape index (κ1) is 22.9. The highest BCUT2D eigenvalue weighted by molar-refractivity contribution is 7.16. The lowest BCUT2D eigenvalue weighted by Gasteiger charge is -2.39. The van der Waals surface area contributed by atoms with Gasteiger partial charge in [0.05, 0.1) is 29.7 Å². The summed E-state index contributed by atoms with van der Waals surface area (Å²) in [5.41, 5.74) is 10.2. The van der Waals surface area contributed by atoms with Crippen molar-refractivity contribution >= 4 is 39.4 Å². The van der Waals surface area contributed by atoms with Gasteiger partial charge in [-0.05, 0) is 62.5 Å². The van der Waals surface area contributed by atoms with Crippen molar-refractivity contribution in [2.75, 3.05) is 11.5 Å². The minimum Gasteiger partial charge on any atom is -0.462 e. The molecule has 0 bridgehead atoms. The number of allylic oxidation sites excluding steroid dienone is 3. The number of hydrogen-bond acceptors (Lipinski definition) is 8. The highest BCUT2D eigenvalue weighted by Gasteiger charge is 2.42.